The van der Waals surface area contributed by atoms with Crippen LogP contribution in [0.4, 0.5) is 0 Å². The van der Waals surface area contributed by atoms with Crippen molar-refractivity contribution in [2.24, 2.45) is 5.92 Å². The maximum Gasteiger partial charge on any atom is 0.0467 e. The minimum absolute atomic E-state index is 0.632. The van der Waals surface area contributed by atoms with E-state index in [0.29, 0.717) is 5.92 Å². The van der Waals surface area contributed by atoms with Gasteiger partial charge in [-0.15, -0.1) is 0 Å². The van der Waals surface area contributed by atoms with Gasteiger partial charge in [-0.25, -0.2) is 0 Å². The van der Waals surface area contributed by atoms with Crippen molar-refractivity contribution in [1.82, 2.24) is 0 Å². The number of hydrogen-bond donors (Lipinski definition) is 0. The highest BCUT2D eigenvalue weighted by Gasteiger charge is 2.16. The van der Waals surface area contributed by atoms with Crippen molar-refractivity contribution in [3.63, 3.8) is 0 Å². The van der Waals surface area contributed by atoms with E-state index in [1.165, 1.54) is 23.1 Å². The first-order chi connectivity index (χ1) is 6.31. The summed E-state index contributed by atoms with van der Waals surface area (Å²) in [5.41, 5.74) is 3.92. The fourth-order valence-electron chi connectivity index (χ4n) is 1.58. The van der Waals surface area contributed by atoms with Gasteiger partial charge in [-0.2, -0.15) is 0 Å². The van der Waals surface area contributed by atoms with Gasteiger partial charge in [0.05, 0.1) is 0 Å². The number of rotatable bonds is 2. The van der Waals surface area contributed by atoms with Crippen molar-refractivity contribution >= 4 is 6.08 Å². The van der Waals surface area contributed by atoms with E-state index in [1.54, 1.807) is 0 Å². The van der Waals surface area contributed by atoms with Crippen LogP contribution in [0, 0.1) is 12.3 Å². The number of benzene rings is 1. The van der Waals surface area contributed by atoms with Crippen LogP contribution in [0.5, 0.6) is 0 Å². The molecule has 1 aromatic rings. The predicted octanol–water partition coefficient (Wildman–Crippen LogP) is 3.56. The van der Waals surface area contributed by atoms with Crippen LogP contribution in [-0.2, 0) is 0 Å². The highest BCUT2D eigenvalue weighted by atomic mass is 14.2. The summed E-state index contributed by atoms with van der Waals surface area (Å²) >= 11 is 0. The summed E-state index contributed by atoms with van der Waals surface area (Å²) in [6.07, 6.45) is 6.89. The summed E-state index contributed by atoms with van der Waals surface area (Å²) < 4.78 is 0. The molecule has 1 aliphatic carbocycles. The first-order valence-corrected chi connectivity index (χ1v) is 4.89. The topological polar surface area (TPSA) is 0 Å². The second-order valence-electron chi connectivity index (χ2n) is 3.62. The lowest BCUT2D eigenvalue weighted by atomic mass is 9.97. The van der Waals surface area contributed by atoms with Gasteiger partial charge in [0.25, 0.3) is 0 Å². The van der Waals surface area contributed by atoms with E-state index in [2.05, 4.69) is 50.6 Å². The van der Waals surface area contributed by atoms with Crippen molar-refractivity contribution in [1.29, 1.82) is 0 Å². The molecule has 2 radical (unpaired) electrons. The molecule has 0 N–H and O–H groups in total. The van der Waals surface area contributed by atoms with Gasteiger partial charge in [0.2, 0.25) is 0 Å². The fourth-order valence-corrected chi connectivity index (χ4v) is 1.58. The van der Waals surface area contributed by atoms with Gasteiger partial charge in [-0.1, -0.05) is 49.8 Å². The Bertz CT molecular complexity index is 334. The van der Waals surface area contributed by atoms with Crippen molar-refractivity contribution in [2.45, 2.75) is 20.3 Å². The molecule has 0 amide bonds. The summed E-state index contributed by atoms with van der Waals surface area (Å²) in [5.74, 6) is 0.632. The van der Waals surface area contributed by atoms with Gasteiger partial charge in [-0.05, 0) is 23.5 Å². The maximum absolute atomic E-state index is 3.45. The lowest BCUT2D eigenvalue weighted by Crippen LogP contribution is -1.95. The Labute approximate surface area is 80.3 Å². The largest absolute Gasteiger partial charge is 0.0648 e. The molecule has 0 aliphatic heterocycles. The van der Waals surface area contributed by atoms with E-state index in [1.807, 2.05) is 0 Å². The number of allylic oxidation sites excluding steroid dienone is 1. The van der Waals surface area contributed by atoms with Gasteiger partial charge in [-0.3, -0.25) is 0 Å². The van der Waals surface area contributed by atoms with Crippen molar-refractivity contribution in [3.05, 3.63) is 47.4 Å². The van der Waals surface area contributed by atoms with Gasteiger partial charge in [0, 0.05) is 6.42 Å². The lowest BCUT2D eigenvalue weighted by molar-refractivity contribution is 0.669. The Morgan fingerprint density at radius 3 is 2.77 bits per heavy atom. The molecule has 0 fully saturated rings. The minimum atomic E-state index is 0.632. The van der Waals surface area contributed by atoms with Crippen LogP contribution in [0.1, 0.15) is 31.4 Å². The summed E-state index contributed by atoms with van der Waals surface area (Å²) in [6.45, 7) is 4.47. The van der Waals surface area contributed by atoms with Crippen LogP contribution in [0.3, 0.4) is 0 Å². The second-order valence-corrected chi connectivity index (χ2v) is 3.62. The van der Waals surface area contributed by atoms with Crippen molar-refractivity contribution in [3.8, 4) is 0 Å². The third-order valence-electron chi connectivity index (χ3n) is 2.69. The third kappa shape index (κ3) is 1.53. The van der Waals surface area contributed by atoms with Crippen LogP contribution in [0.2, 0.25) is 0 Å². The smallest absolute Gasteiger partial charge is 0.0467 e. The molecule has 0 heteroatoms. The first-order valence-electron chi connectivity index (χ1n) is 4.89. The molecule has 1 unspecified atom stereocenters. The molecule has 1 aliphatic rings. The minimum Gasteiger partial charge on any atom is -0.0648 e. The molecule has 0 spiro atoms. The van der Waals surface area contributed by atoms with Crippen LogP contribution >= 0.6 is 0 Å². The highest BCUT2D eigenvalue weighted by Crippen LogP contribution is 2.31. The van der Waals surface area contributed by atoms with Gasteiger partial charge in [0.1, 0.15) is 0 Å². The Morgan fingerprint density at radius 2 is 2.08 bits per heavy atom. The number of fused-ring (bicyclic) bond motifs is 1. The Morgan fingerprint density at radius 1 is 1.31 bits per heavy atom. The Balaban J connectivity index is 2.26. The van der Waals surface area contributed by atoms with Crippen LogP contribution in [0.25, 0.3) is 6.08 Å². The average Bonchev–Trinajstić information content (AvgIpc) is 2.59. The van der Waals surface area contributed by atoms with Crippen LogP contribution in [-0.4, -0.2) is 0 Å². The fraction of sp³-hybridized carbons (Fsp3) is 0.308. The highest BCUT2D eigenvalue weighted by molar-refractivity contribution is 5.69. The van der Waals surface area contributed by atoms with E-state index in [9.17, 15) is 0 Å². The average molecular weight is 170 g/mol. The van der Waals surface area contributed by atoms with E-state index in [-0.39, 0.29) is 0 Å². The first kappa shape index (κ1) is 8.55. The normalized spacial score (nSPS) is 16.6. The summed E-state index contributed by atoms with van der Waals surface area (Å²) in [7, 11) is 0. The number of hydrogen-bond acceptors (Lipinski definition) is 0. The lowest BCUT2D eigenvalue weighted by Gasteiger charge is -2.07. The predicted molar refractivity (Wildman–Crippen MR) is 56.2 cm³/mol. The molecular formula is C13H14. The monoisotopic (exact) mass is 170 g/mol. The van der Waals surface area contributed by atoms with Gasteiger partial charge >= 0.3 is 0 Å². The van der Waals surface area contributed by atoms with Gasteiger partial charge < -0.3 is 0 Å². The summed E-state index contributed by atoms with van der Waals surface area (Å²) in [5, 5.41) is 0. The Kier molecular flexibility index (Phi) is 2.22. The molecule has 0 aromatic heterocycles. The third-order valence-corrected chi connectivity index (χ3v) is 2.69. The molecule has 13 heavy (non-hydrogen) atoms. The zero-order chi connectivity index (χ0) is 9.26. The summed E-state index contributed by atoms with van der Waals surface area (Å²) in [4.78, 5) is 0. The molecule has 0 saturated carbocycles. The summed E-state index contributed by atoms with van der Waals surface area (Å²) in [6, 6.07) is 8.43. The van der Waals surface area contributed by atoms with Crippen LogP contribution in [0.15, 0.2) is 29.8 Å². The molecule has 2 rings (SSSR count). The zero-order valence-corrected chi connectivity index (χ0v) is 8.17. The van der Waals surface area contributed by atoms with Crippen molar-refractivity contribution < 1.29 is 0 Å². The quantitative estimate of drug-likeness (QED) is 0.636. The Hall–Kier alpha value is -1.04. The molecule has 0 nitrogen and oxygen atoms in total. The molecular weight excluding hydrogens is 156 g/mol. The van der Waals surface area contributed by atoms with E-state index >= 15 is 0 Å². The van der Waals surface area contributed by atoms with Crippen molar-refractivity contribution in [2.75, 3.05) is 0 Å². The van der Waals surface area contributed by atoms with E-state index in [4.69, 9.17) is 0 Å². The zero-order valence-electron chi connectivity index (χ0n) is 8.17. The molecule has 66 valence electrons. The maximum atomic E-state index is 3.45. The molecule has 1 atom stereocenters. The second kappa shape index (κ2) is 3.37. The van der Waals surface area contributed by atoms with Gasteiger partial charge in [0.15, 0.2) is 0 Å². The standard InChI is InChI=1S/C13H14/c1-3-10(2)13-8-11-6-4-5-7-12(11)9-13/h4-8,10H,3H2,1-2H3. The molecule has 0 bridgehead atoms. The van der Waals surface area contributed by atoms with Crippen LogP contribution < -0.4 is 0 Å². The molecule has 0 saturated heterocycles. The molecule has 1 aromatic carbocycles. The molecule has 0 heterocycles. The van der Waals surface area contributed by atoms with E-state index in [0.717, 1.165) is 0 Å². The SMILES string of the molecule is CCC(C)C1=Cc2ccccc2[C]1. The van der Waals surface area contributed by atoms with E-state index < -0.39 is 0 Å².